The van der Waals surface area contributed by atoms with Crippen molar-refractivity contribution in [2.24, 2.45) is 0 Å². The van der Waals surface area contributed by atoms with E-state index in [0.29, 0.717) is 6.04 Å². The molecule has 1 N–H and O–H groups in total. The van der Waals surface area contributed by atoms with E-state index in [4.69, 9.17) is 0 Å². The van der Waals surface area contributed by atoms with Crippen molar-refractivity contribution in [2.75, 3.05) is 26.7 Å². The van der Waals surface area contributed by atoms with Crippen LogP contribution in [0.3, 0.4) is 0 Å². The van der Waals surface area contributed by atoms with Gasteiger partial charge < -0.3 is 5.11 Å². The molecule has 0 radical (unpaired) electrons. The molecule has 106 valence electrons. The van der Waals surface area contributed by atoms with Crippen LogP contribution in [-0.2, 0) is 6.54 Å². The number of hydrogen-bond acceptors (Lipinski definition) is 3. The van der Waals surface area contributed by atoms with Gasteiger partial charge in [-0.3, -0.25) is 9.80 Å². The molecule has 0 amide bonds. The van der Waals surface area contributed by atoms with Crippen LogP contribution in [0.25, 0.3) is 0 Å². The smallest absolute Gasteiger partial charge is 0.0599 e. The SMILES string of the molecule is Cc1ccc(CN2CCC(C)N(C)C(CO)C2)cc1. The third-order valence-corrected chi connectivity index (χ3v) is 4.34. The second kappa shape index (κ2) is 6.51. The van der Waals surface area contributed by atoms with Gasteiger partial charge in [0, 0.05) is 31.7 Å². The molecule has 0 saturated carbocycles. The third kappa shape index (κ3) is 3.78. The average Bonchev–Trinajstić information content (AvgIpc) is 2.54. The Morgan fingerprint density at radius 3 is 2.58 bits per heavy atom. The minimum Gasteiger partial charge on any atom is -0.395 e. The summed E-state index contributed by atoms with van der Waals surface area (Å²) in [6.45, 7) is 7.65. The predicted octanol–water partition coefficient (Wildman–Crippen LogP) is 1.88. The molecule has 0 bridgehead atoms. The van der Waals surface area contributed by atoms with Gasteiger partial charge in [-0.15, -0.1) is 0 Å². The molecule has 1 fully saturated rings. The van der Waals surface area contributed by atoms with E-state index in [2.05, 4.69) is 55.0 Å². The number of aliphatic hydroxyl groups is 1. The Morgan fingerprint density at radius 1 is 1.26 bits per heavy atom. The topological polar surface area (TPSA) is 26.7 Å². The number of rotatable bonds is 3. The van der Waals surface area contributed by atoms with E-state index >= 15 is 0 Å². The molecular weight excluding hydrogens is 236 g/mol. The van der Waals surface area contributed by atoms with Crippen molar-refractivity contribution < 1.29 is 5.11 Å². The van der Waals surface area contributed by atoms with E-state index < -0.39 is 0 Å². The van der Waals surface area contributed by atoms with Crippen molar-refractivity contribution in [1.29, 1.82) is 0 Å². The molecule has 1 saturated heterocycles. The molecule has 1 aliphatic rings. The summed E-state index contributed by atoms with van der Waals surface area (Å²) in [6.07, 6.45) is 1.17. The Morgan fingerprint density at radius 2 is 1.95 bits per heavy atom. The molecule has 0 aliphatic carbocycles. The highest BCUT2D eigenvalue weighted by atomic mass is 16.3. The molecule has 1 heterocycles. The fourth-order valence-electron chi connectivity index (χ4n) is 2.73. The average molecular weight is 262 g/mol. The monoisotopic (exact) mass is 262 g/mol. The van der Waals surface area contributed by atoms with Crippen LogP contribution in [-0.4, -0.2) is 53.7 Å². The Balaban J connectivity index is 2.01. The normalized spacial score (nSPS) is 26.3. The van der Waals surface area contributed by atoms with Crippen LogP contribution in [0.2, 0.25) is 0 Å². The van der Waals surface area contributed by atoms with E-state index in [1.54, 1.807) is 0 Å². The summed E-state index contributed by atoms with van der Waals surface area (Å²) < 4.78 is 0. The number of likely N-dealkylation sites (N-methyl/N-ethyl adjacent to an activating group) is 1. The zero-order chi connectivity index (χ0) is 13.8. The summed E-state index contributed by atoms with van der Waals surface area (Å²) in [7, 11) is 2.13. The van der Waals surface area contributed by atoms with Crippen molar-refractivity contribution in [2.45, 2.75) is 38.9 Å². The zero-order valence-electron chi connectivity index (χ0n) is 12.3. The van der Waals surface area contributed by atoms with Crippen LogP contribution in [0.1, 0.15) is 24.5 Å². The molecule has 2 atom stereocenters. The van der Waals surface area contributed by atoms with E-state index in [-0.39, 0.29) is 12.6 Å². The number of aliphatic hydroxyl groups excluding tert-OH is 1. The predicted molar refractivity (Wildman–Crippen MR) is 79.2 cm³/mol. The molecule has 1 aromatic carbocycles. The highest BCUT2D eigenvalue weighted by Crippen LogP contribution is 2.16. The Kier molecular flexibility index (Phi) is 4.97. The van der Waals surface area contributed by atoms with Gasteiger partial charge in [0.2, 0.25) is 0 Å². The van der Waals surface area contributed by atoms with Gasteiger partial charge in [-0.2, -0.15) is 0 Å². The summed E-state index contributed by atoms with van der Waals surface area (Å²) in [5.41, 5.74) is 2.67. The molecule has 2 rings (SSSR count). The van der Waals surface area contributed by atoms with Gasteiger partial charge in [0.25, 0.3) is 0 Å². The van der Waals surface area contributed by atoms with Gasteiger partial charge in [0.05, 0.1) is 6.61 Å². The molecule has 2 unspecified atom stereocenters. The fourth-order valence-corrected chi connectivity index (χ4v) is 2.73. The first-order chi connectivity index (χ1) is 9.10. The second-order valence-electron chi connectivity index (χ2n) is 5.86. The van der Waals surface area contributed by atoms with Gasteiger partial charge in [-0.1, -0.05) is 29.8 Å². The summed E-state index contributed by atoms with van der Waals surface area (Å²) >= 11 is 0. The highest BCUT2D eigenvalue weighted by molar-refractivity contribution is 5.21. The Bertz CT molecular complexity index is 390. The lowest BCUT2D eigenvalue weighted by molar-refractivity contribution is 0.108. The molecule has 1 aliphatic heterocycles. The lowest BCUT2D eigenvalue weighted by atomic mass is 10.1. The summed E-state index contributed by atoms with van der Waals surface area (Å²) in [6, 6.07) is 9.56. The maximum Gasteiger partial charge on any atom is 0.0599 e. The van der Waals surface area contributed by atoms with Gasteiger partial charge in [-0.05, 0) is 32.9 Å². The minimum atomic E-state index is 0.241. The standard InChI is InChI=1S/C16H26N2O/c1-13-4-6-15(7-5-13)10-18-9-8-14(2)17(3)16(11-18)12-19/h4-7,14,16,19H,8-12H2,1-3H3. The van der Waals surface area contributed by atoms with Gasteiger partial charge >= 0.3 is 0 Å². The first-order valence-corrected chi connectivity index (χ1v) is 7.21. The van der Waals surface area contributed by atoms with Gasteiger partial charge in [0.1, 0.15) is 0 Å². The van der Waals surface area contributed by atoms with E-state index in [9.17, 15) is 5.11 Å². The van der Waals surface area contributed by atoms with Crippen LogP contribution in [0.5, 0.6) is 0 Å². The summed E-state index contributed by atoms with van der Waals surface area (Å²) in [5, 5.41) is 9.56. The maximum atomic E-state index is 9.56. The third-order valence-electron chi connectivity index (χ3n) is 4.34. The number of aryl methyl sites for hydroxylation is 1. The molecule has 0 aromatic heterocycles. The molecule has 3 nitrogen and oxygen atoms in total. The molecule has 19 heavy (non-hydrogen) atoms. The van der Waals surface area contributed by atoms with Crippen molar-refractivity contribution in [3.63, 3.8) is 0 Å². The minimum absolute atomic E-state index is 0.241. The van der Waals surface area contributed by atoms with Crippen molar-refractivity contribution in [1.82, 2.24) is 9.80 Å². The highest BCUT2D eigenvalue weighted by Gasteiger charge is 2.25. The largest absolute Gasteiger partial charge is 0.395 e. The molecule has 0 spiro atoms. The van der Waals surface area contributed by atoms with Crippen LogP contribution >= 0.6 is 0 Å². The van der Waals surface area contributed by atoms with Crippen LogP contribution in [0.15, 0.2) is 24.3 Å². The lowest BCUT2D eigenvalue weighted by Crippen LogP contribution is -2.43. The van der Waals surface area contributed by atoms with Crippen molar-refractivity contribution >= 4 is 0 Å². The quantitative estimate of drug-likeness (QED) is 0.901. The summed E-state index contributed by atoms with van der Waals surface area (Å²) in [4.78, 5) is 4.78. The number of hydrogen-bond donors (Lipinski definition) is 1. The van der Waals surface area contributed by atoms with E-state index in [1.165, 1.54) is 17.5 Å². The van der Waals surface area contributed by atoms with Crippen LogP contribution < -0.4 is 0 Å². The zero-order valence-corrected chi connectivity index (χ0v) is 12.3. The lowest BCUT2D eigenvalue weighted by Gasteiger charge is -2.30. The first-order valence-electron chi connectivity index (χ1n) is 7.21. The van der Waals surface area contributed by atoms with Crippen LogP contribution in [0.4, 0.5) is 0 Å². The number of benzene rings is 1. The van der Waals surface area contributed by atoms with Crippen molar-refractivity contribution in [3.8, 4) is 0 Å². The fraction of sp³-hybridized carbons (Fsp3) is 0.625. The van der Waals surface area contributed by atoms with Crippen LogP contribution in [0, 0.1) is 6.92 Å². The van der Waals surface area contributed by atoms with Crippen molar-refractivity contribution in [3.05, 3.63) is 35.4 Å². The Labute approximate surface area is 116 Å². The van der Waals surface area contributed by atoms with E-state index in [1.807, 2.05) is 0 Å². The van der Waals surface area contributed by atoms with E-state index in [0.717, 1.165) is 19.6 Å². The molecule has 1 aromatic rings. The maximum absolute atomic E-state index is 9.56. The summed E-state index contributed by atoms with van der Waals surface area (Å²) in [5.74, 6) is 0. The van der Waals surface area contributed by atoms with Gasteiger partial charge in [0.15, 0.2) is 0 Å². The Hall–Kier alpha value is -0.900. The first kappa shape index (κ1) is 14.5. The number of nitrogens with zero attached hydrogens (tertiary/aromatic N) is 2. The van der Waals surface area contributed by atoms with Gasteiger partial charge in [-0.25, -0.2) is 0 Å². The molecule has 3 heteroatoms. The molecular formula is C16H26N2O. The second-order valence-corrected chi connectivity index (χ2v) is 5.86.